The molecule has 0 aliphatic carbocycles. The van der Waals surface area contributed by atoms with Crippen molar-refractivity contribution >= 4 is 23.2 Å². The number of carbonyl (C=O) groups excluding carboxylic acids is 1. The average molecular weight is 501 g/mol. The Bertz CT molecular complexity index is 1090. The van der Waals surface area contributed by atoms with Crippen molar-refractivity contribution in [1.82, 2.24) is 14.7 Å². The average Bonchev–Trinajstić information content (AvgIpc) is 2.98. The van der Waals surface area contributed by atoms with E-state index in [-0.39, 0.29) is 35.3 Å². The molecule has 0 radical (unpaired) electrons. The predicted molar refractivity (Wildman–Crippen MR) is 118 cm³/mol. The molecule has 0 spiro atoms. The molecule has 2 aliphatic heterocycles. The molecule has 0 saturated carbocycles. The normalized spacial score (nSPS) is 19.8. The molecule has 1 aromatic carbocycles. The summed E-state index contributed by atoms with van der Waals surface area (Å²) in [6.45, 7) is 1.17. The second kappa shape index (κ2) is 10.2. The molecule has 1 aromatic heterocycles. The predicted octanol–water partition coefficient (Wildman–Crippen LogP) is 3.73. The minimum absolute atomic E-state index is 0.0362. The van der Waals surface area contributed by atoms with Crippen LogP contribution in [0.1, 0.15) is 37.5 Å². The maximum absolute atomic E-state index is 13.0. The van der Waals surface area contributed by atoms with E-state index in [2.05, 4.69) is 9.84 Å². The largest absolute Gasteiger partial charge is 0.573 e. The number of anilines is 1. The van der Waals surface area contributed by atoms with Gasteiger partial charge in [0.2, 0.25) is 5.91 Å². The van der Waals surface area contributed by atoms with E-state index in [1.54, 1.807) is 11.0 Å². The summed E-state index contributed by atoms with van der Waals surface area (Å²) in [4.78, 5) is 28.9. The Morgan fingerprint density at radius 3 is 2.68 bits per heavy atom. The van der Waals surface area contributed by atoms with Gasteiger partial charge in [-0.05, 0) is 31.7 Å². The monoisotopic (exact) mass is 500 g/mol. The lowest BCUT2D eigenvalue weighted by Crippen LogP contribution is -2.38. The van der Waals surface area contributed by atoms with E-state index < -0.39 is 18.1 Å². The summed E-state index contributed by atoms with van der Waals surface area (Å²) in [5.41, 5.74) is 0.101. The van der Waals surface area contributed by atoms with Gasteiger partial charge in [-0.3, -0.25) is 9.59 Å². The number of hydrogen-bond donors (Lipinski definition) is 0. The Morgan fingerprint density at radius 1 is 1.15 bits per heavy atom. The standard InChI is InChI=1S/C22H24ClF3N4O4/c23-20-16(12-27-30(21(20)32)19-8-3-4-11-33-19)28-9-5-10-29(18(31)14-28)13-15-6-1-2-7-17(15)34-22(24,25)26/h1-2,6-7,12,19H,3-5,8-11,13-14H2. The molecule has 2 aromatic rings. The summed E-state index contributed by atoms with van der Waals surface area (Å²) >= 11 is 6.38. The van der Waals surface area contributed by atoms with Crippen LogP contribution in [-0.2, 0) is 16.1 Å². The SMILES string of the molecule is O=C1CN(c2cnn(C3CCCCO3)c(=O)c2Cl)CCCN1Cc1ccccc1OC(F)(F)F. The fourth-order valence-corrected chi connectivity index (χ4v) is 4.39. The lowest BCUT2D eigenvalue weighted by molar-refractivity contribution is -0.275. The number of carbonyl (C=O) groups is 1. The second-order valence-corrected chi connectivity index (χ2v) is 8.54. The smallest absolute Gasteiger partial charge is 0.405 e. The van der Waals surface area contributed by atoms with Crippen LogP contribution in [0.25, 0.3) is 0 Å². The van der Waals surface area contributed by atoms with Crippen LogP contribution < -0.4 is 15.2 Å². The molecule has 3 heterocycles. The van der Waals surface area contributed by atoms with Crippen molar-refractivity contribution in [3.05, 3.63) is 51.4 Å². The van der Waals surface area contributed by atoms with Crippen molar-refractivity contribution in [2.45, 2.75) is 44.8 Å². The van der Waals surface area contributed by atoms with Crippen LogP contribution in [0.4, 0.5) is 18.9 Å². The fraction of sp³-hybridized carbons (Fsp3) is 0.500. The van der Waals surface area contributed by atoms with E-state index in [9.17, 15) is 22.8 Å². The number of benzene rings is 1. The summed E-state index contributed by atoms with van der Waals surface area (Å²) < 4.78 is 49.2. The summed E-state index contributed by atoms with van der Waals surface area (Å²) in [5, 5.41) is 4.18. The quantitative estimate of drug-likeness (QED) is 0.622. The number of nitrogens with zero attached hydrogens (tertiary/aromatic N) is 4. The summed E-state index contributed by atoms with van der Waals surface area (Å²) in [6, 6.07) is 5.73. The van der Waals surface area contributed by atoms with Crippen molar-refractivity contribution in [2.75, 3.05) is 31.1 Å². The van der Waals surface area contributed by atoms with Crippen molar-refractivity contribution in [1.29, 1.82) is 0 Å². The van der Waals surface area contributed by atoms with Crippen LogP contribution in [-0.4, -0.2) is 53.2 Å². The zero-order valence-corrected chi connectivity index (χ0v) is 19.0. The van der Waals surface area contributed by atoms with E-state index >= 15 is 0 Å². The minimum atomic E-state index is -4.83. The Labute approximate surface area is 198 Å². The van der Waals surface area contributed by atoms with Crippen LogP contribution in [0.2, 0.25) is 5.02 Å². The second-order valence-electron chi connectivity index (χ2n) is 8.16. The van der Waals surface area contributed by atoms with Gasteiger partial charge in [0.25, 0.3) is 5.56 Å². The van der Waals surface area contributed by atoms with Crippen molar-refractivity contribution < 1.29 is 27.4 Å². The number of halogens is 4. The first kappa shape index (κ1) is 24.3. The molecule has 1 unspecified atom stereocenters. The Hall–Kier alpha value is -2.79. The Morgan fingerprint density at radius 2 is 1.94 bits per heavy atom. The first-order valence-corrected chi connectivity index (χ1v) is 11.4. The molecule has 34 heavy (non-hydrogen) atoms. The zero-order valence-electron chi connectivity index (χ0n) is 18.3. The van der Waals surface area contributed by atoms with Gasteiger partial charge in [-0.25, -0.2) is 0 Å². The minimum Gasteiger partial charge on any atom is -0.405 e. The lowest BCUT2D eigenvalue weighted by Gasteiger charge is -2.26. The van der Waals surface area contributed by atoms with Gasteiger partial charge in [0.15, 0.2) is 6.23 Å². The van der Waals surface area contributed by atoms with E-state index in [1.807, 2.05) is 0 Å². The maximum atomic E-state index is 13.0. The molecule has 1 atom stereocenters. The molecule has 2 saturated heterocycles. The molecule has 184 valence electrons. The Kier molecular flexibility index (Phi) is 7.32. The van der Waals surface area contributed by atoms with Gasteiger partial charge < -0.3 is 19.3 Å². The highest BCUT2D eigenvalue weighted by atomic mass is 35.5. The van der Waals surface area contributed by atoms with Crippen LogP contribution in [0.5, 0.6) is 5.75 Å². The van der Waals surface area contributed by atoms with Crippen LogP contribution in [0.3, 0.4) is 0 Å². The first-order valence-electron chi connectivity index (χ1n) is 11.0. The van der Waals surface area contributed by atoms with Gasteiger partial charge in [-0.2, -0.15) is 9.78 Å². The van der Waals surface area contributed by atoms with Gasteiger partial charge in [-0.1, -0.05) is 29.8 Å². The molecular formula is C22H24ClF3N4O4. The highest BCUT2D eigenvalue weighted by Crippen LogP contribution is 2.29. The molecule has 12 heteroatoms. The summed E-state index contributed by atoms with van der Waals surface area (Å²) in [6.07, 6.45) is -0.798. The van der Waals surface area contributed by atoms with E-state index in [1.165, 1.54) is 34.0 Å². The first-order chi connectivity index (χ1) is 16.2. The number of hydrogen-bond acceptors (Lipinski definition) is 6. The van der Waals surface area contributed by atoms with Crippen LogP contribution in [0.15, 0.2) is 35.3 Å². The van der Waals surface area contributed by atoms with Gasteiger partial charge >= 0.3 is 6.36 Å². The number of para-hydroxylation sites is 1. The summed E-state index contributed by atoms with van der Waals surface area (Å²) in [5.74, 6) is -0.653. The van der Waals surface area contributed by atoms with Gasteiger partial charge in [0, 0.05) is 31.8 Å². The van der Waals surface area contributed by atoms with E-state index in [0.717, 1.165) is 12.8 Å². The Balaban J connectivity index is 1.49. The van der Waals surface area contributed by atoms with E-state index in [0.29, 0.717) is 38.2 Å². The van der Waals surface area contributed by atoms with Gasteiger partial charge in [-0.15, -0.1) is 13.2 Å². The third-order valence-corrected chi connectivity index (χ3v) is 6.14. The van der Waals surface area contributed by atoms with Gasteiger partial charge in [0.05, 0.1) is 18.4 Å². The van der Waals surface area contributed by atoms with Gasteiger partial charge in [0.1, 0.15) is 10.8 Å². The fourth-order valence-electron chi connectivity index (χ4n) is 4.13. The third-order valence-electron chi connectivity index (χ3n) is 5.79. The van der Waals surface area contributed by atoms with Crippen molar-refractivity contribution in [3.8, 4) is 5.75 Å². The number of ether oxygens (including phenoxy) is 2. The molecule has 2 aliphatic rings. The topological polar surface area (TPSA) is 76.9 Å². The highest BCUT2D eigenvalue weighted by Gasteiger charge is 2.33. The van der Waals surface area contributed by atoms with Crippen LogP contribution >= 0.6 is 11.6 Å². The molecule has 4 rings (SSSR count). The highest BCUT2D eigenvalue weighted by molar-refractivity contribution is 6.33. The number of aromatic nitrogens is 2. The van der Waals surface area contributed by atoms with Crippen molar-refractivity contribution in [3.63, 3.8) is 0 Å². The lowest BCUT2D eigenvalue weighted by atomic mass is 10.2. The van der Waals surface area contributed by atoms with E-state index in [4.69, 9.17) is 16.3 Å². The molecule has 0 bridgehead atoms. The zero-order chi connectivity index (χ0) is 24.3. The van der Waals surface area contributed by atoms with Crippen LogP contribution in [0, 0.1) is 0 Å². The molecule has 2 fully saturated rings. The number of alkyl halides is 3. The third kappa shape index (κ3) is 5.64. The molecule has 0 N–H and O–H groups in total. The summed E-state index contributed by atoms with van der Waals surface area (Å²) in [7, 11) is 0. The molecular weight excluding hydrogens is 477 g/mol. The molecule has 1 amide bonds. The molecule has 8 nitrogen and oxygen atoms in total. The maximum Gasteiger partial charge on any atom is 0.573 e. The van der Waals surface area contributed by atoms with Crippen molar-refractivity contribution in [2.24, 2.45) is 0 Å². The number of amides is 1. The number of rotatable bonds is 5.